The fourth-order valence-corrected chi connectivity index (χ4v) is 3.19. The Hall–Kier alpha value is -2.95. The molecule has 5 heteroatoms. The van der Waals surface area contributed by atoms with E-state index in [-0.39, 0.29) is 17.9 Å². The minimum absolute atomic E-state index is 0.0364. The second kappa shape index (κ2) is 5.92. The average molecular weight is 319 g/mol. The van der Waals surface area contributed by atoms with Crippen LogP contribution in [0.15, 0.2) is 53.3 Å². The third-order valence-corrected chi connectivity index (χ3v) is 4.43. The molecule has 3 aromatic rings. The molecule has 0 saturated carbocycles. The van der Waals surface area contributed by atoms with Crippen molar-refractivity contribution in [2.24, 2.45) is 0 Å². The molecule has 0 radical (unpaired) electrons. The van der Waals surface area contributed by atoms with E-state index < -0.39 is 0 Å². The Morgan fingerprint density at radius 3 is 2.83 bits per heavy atom. The fourth-order valence-electron chi connectivity index (χ4n) is 3.19. The van der Waals surface area contributed by atoms with Crippen molar-refractivity contribution in [2.45, 2.75) is 19.3 Å². The Labute approximate surface area is 139 Å². The number of hydrogen-bond acceptors (Lipinski definition) is 3. The summed E-state index contributed by atoms with van der Waals surface area (Å²) < 4.78 is 0. The highest BCUT2D eigenvalue weighted by Crippen LogP contribution is 2.28. The van der Waals surface area contributed by atoms with E-state index >= 15 is 0 Å². The van der Waals surface area contributed by atoms with Crippen LogP contribution in [0.25, 0.3) is 11.0 Å². The summed E-state index contributed by atoms with van der Waals surface area (Å²) in [6, 6.07) is 15.4. The van der Waals surface area contributed by atoms with E-state index in [1.54, 1.807) is 0 Å². The fraction of sp³-hybridized carbons (Fsp3) is 0.211. The minimum Gasteiger partial charge on any atom is -0.319 e. The van der Waals surface area contributed by atoms with Crippen LogP contribution in [-0.2, 0) is 17.6 Å². The van der Waals surface area contributed by atoms with E-state index in [2.05, 4.69) is 16.0 Å². The van der Waals surface area contributed by atoms with Crippen LogP contribution in [0.1, 0.15) is 17.7 Å². The molecule has 0 atom stereocenters. The van der Waals surface area contributed by atoms with Gasteiger partial charge in [0.2, 0.25) is 5.91 Å². The van der Waals surface area contributed by atoms with Gasteiger partial charge in [0.25, 0.3) is 5.56 Å². The van der Waals surface area contributed by atoms with Crippen molar-refractivity contribution < 1.29 is 4.79 Å². The van der Waals surface area contributed by atoms with Gasteiger partial charge in [-0.3, -0.25) is 9.59 Å². The van der Waals surface area contributed by atoms with Crippen LogP contribution in [0.5, 0.6) is 0 Å². The molecule has 120 valence electrons. The lowest BCUT2D eigenvalue weighted by Crippen LogP contribution is -2.29. The standard InChI is InChI=1S/C19H17N3O2/c23-18(22-12-11-13-5-1-4-8-17(13)22)10-9-16-19(24)21-15-7-3-2-6-14(15)20-16/h1-8H,9-12H2,(H,21,24). The van der Waals surface area contributed by atoms with Gasteiger partial charge in [0.1, 0.15) is 5.69 Å². The Bertz CT molecular complexity index is 978. The van der Waals surface area contributed by atoms with Gasteiger partial charge in [-0.25, -0.2) is 4.98 Å². The zero-order valence-electron chi connectivity index (χ0n) is 13.2. The molecule has 0 spiro atoms. The lowest BCUT2D eigenvalue weighted by atomic mass is 10.1. The minimum atomic E-state index is -0.219. The van der Waals surface area contributed by atoms with Crippen LogP contribution in [0.4, 0.5) is 5.69 Å². The number of benzene rings is 2. The maximum atomic E-state index is 12.5. The highest BCUT2D eigenvalue weighted by atomic mass is 16.2. The molecule has 5 nitrogen and oxygen atoms in total. The molecule has 4 rings (SSSR count). The Balaban J connectivity index is 1.52. The van der Waals surface area contributed by atoms with E-state index in [4.69, 9.17) is 0 Å². The van der Waals surface area contributed by atoms with E-state index in [1.807, 2.05) is 47.4 Å². The molecule has 1 aliphatic heterocycles. The molecule has 1 aromatic heterocycles. The molecule has 2 aromatic carbocycles. The van der Waals surface area contributed by atoms with Gasteiger partial charge in [-0.05, 0) is 30.2 Å². The van der Waals surface area contributed by atoms with Crippen molar-refractivity contribution in [3.63, 3.8) is 0 Å². The maximum absolute atomic E-state index is 12.5. The van der Waals surface area contributed by atoms with Crippen molar-refractivity contribution in [2.75, 3.05) is 11.4 Å². The van der Waals surface area contributed by atoms with Gasteiger partial charge in [-0.15, -0.1) is 0 Å². The highest BCUT2D eigenvalue weighted by Gasteiger charge is 2.24. The molecular weight excluding hydrogens is 302 g/mol. The molecule has 1 N–H and O–H groups in total. The number of hydrogen-bond donors (Lipinski definition) is 1. The van der Waals surface area contributed by atoms with E-state index in [1.165, 1.54) is 5.56 Å². The number of amides is 1. The largest absolute Gasteiger partial charge is 0.319 e. The van der Waals surface area contributed by atoms with Crippen LogP contribution in [-0.4, -0.2) is 22.4 Å². The predicted octanol–water partition coefficient (Wildman–Crippen LogP) is 2.45. The van der Waals surface area contributed by atoms with Gasteiger partial charge in [0.05, 0.1) is 11.0 Å². The summed E-state index contributed by atoms with van der Waals surface area (Å²) in [7, 11) is 0. The number of rotatable bonds is 3. The number of aromatic nitrogens is 2. The van der Waals surface area contributed by atoms with Gasteiger partial charge in [-0.2, -0.15) is 0 Å². The van der Waals surface area contributed by atoms with Gasteiger partial charge in [-0.1, -0.05) is 30.3 Å². The van der Waals surface area contributed by atoms with E-state index in [0.29, 0.717) is 24.2 Å². The van der Waals surface area contributed by atoms with Crippen molar-refractivity contribution in [3.8, 4) is 0 Å². The number of para-hydroxylation sites is 3. The first-order chi connectivity index (χ1) is 11.7. The number of H-pyrrole nitrogens is 1. The van der Waals surface area contributed by atoms with Crippen LogP contribution >= 0.6 is 0 Å². The second-order valence-corrected chi connectivity index (χ2v) is 5.95. The summed E-state index contributed by atoms with van der Waals surface area (Å²) in [5.74, 6) is 0.0364. The van der Waals surface area contributed by atoms with Gasteiger partial charge in [0, 0.05) is 25.1 Å². The number of aryl methyl sites for hydroxylation is 1. The van der Waals surface area contributed by atoms with E-state index in [9.17, 15) is 9.59 Å². The molecule has 0 bridgehead atoms. The molecule has 0 fully saturated rings. The molecule has 24 heavy (non-hydrogen) atoms. The van der Waals surface area contributed by atoms with Crippen LogP contribution in [0.3, 0.4) is 0 Å². The number of carbonyl (C=O) groups excluding carboxylic acids is 1. The summed E-state index contributed by atoms with van der Waals surface area (Å²) >= 11 is 0. The van der Waals surface area contributed by atoms with Gasteiger partial charge in [0.15, 0.2) is 0 Å². The number of nitrogens with zero attached hydrogens (tertiary/aromatic N) is 2. The topological polar surface area (TPSA) is 66.1 Å². The highest BCUT2D eigenvalue weighted by molar-refractivity contribution is 5.95. The van der Waals surface area contributed by atoms with Gasteiger partial charge >= 0.3 is 0 Å². The van der Waals surface area contributed by atoms with Gasteiger partial charge < -0.3 is 9.88 Å². The number of nitrogens with one attached hydrogen (secondary N) is 1. The maximum Gasteiger partial charge on any atom is 0.270 e. The zero-order chi connectivity index (χ0) is 16.5. The number of aromatic amines is 1. The summed E-state index contributed by atoms with van der Waals surface area (Å²) in [5, 5.41) is 0. The van der Waals surface area contributed by atoms with Crippen molar-refractivity contribution in [3.05, 3.63) is 70.1 Å². The van der Waals surface area contributed by atoms with Crippen molar-refractivity contribution >= 4 is 22.6 Å². The molecule has 0 aliphatic carbocycles. The number of carbonyl (C=O) groups is 1. The first-order valence-electron chi connectivity index (χ1n) is 8.08. The Kier molecular flexibility index (Phi) is 3.61. The van der Waals surface area contributed by atoms with Crippen molar-refractivity contribution in [1.29, 1.82) is 0 Å². The Morgan fingerprint density at radius 2 is 1.92 bits per heavy atom. The van der Waals surface area contributed by atoms with Crippen LogP contribution in [0.2, 0.25) is 0 Å². The van der Waals surface area contributed by atoms with Crippen LogP contribution < -0.4 is 10.5 Å². The number of anilines is 1. The third-order valence-electron chi connectivity index (χ3n) is 4.43. The molecule has 2 heterocycles. The predicted molar refractivity (Wildman–Crippen MR) is 93.2 cm³/mol. The quantitative estimate of drug-likeness (QED) is 0.806. The monoisotopic (exact) mass is 319 g/mol. The second-order valence-electron chi connectivity index (χ2n) is 5.95. The summed E-state index contributed by atoms with van der Waals surface area (Å²) in [5.41, 5.74) is 3.84. The summed E-state index contributed by atoms with van der Waals surface area (Å²) in [6.45, 7) is 0.708. The lowest BCUT2D eigenvalue weighted by Gasteiger charge is -2.17. The average Bonchev–Trinajstić information content (AvgIpc) is 3.04. The first kappa shape index (κ1) is 14.6. The molecular formula is C19H17N3O2. The first-order valence-corrected chi connectivity index (χ1v) is 8.08. The lowest BCUT2D eigenvalue weighted by molar-refractivity contribution is -0.118. The third kappa shape index (κ3) is 2.58. The van der Waals surface area contributed by atoms with E-state index in [0.717, 1.165) is 17.6 Å². The number of fused-ring (bicyclic) bond motifs is 2. The smallest absolute Gasteiger partial charge is 0.270 e. The molecule has 0 saturated heterocycles. The van der Waals surface area contributed by atoms with Crippen molar-refractivity contribution in [1.82, 2.24) is 9.97 Å². The molecule has 1 aliphatic rings. The molecule has 0 unspecified atom stereocenters. The summed E-state index contributed by atoms with van der Waals surface area (Å²) in [6.07, 6.45) is 1.51. The Morgan fingerprint density at radius 1 is 1.12 bits per heavy atom. The van der Waals surface area contributed by atoms with Crippen LogP contribution in [0, 0.1) is 0 Å². The molecule has 1 amide bonds. The summed E-state index contributed by atoms with van der Waals surface area (Å²) in [4.78, 5) is 33.7. The zero-order valence-corrected chi connectivity index (χ0v) is 13.2. The SMILES string of the molecule is O=C(CCc1nc2ccccc2[nH]c1=O)N1CCc2ccccc21. The normalized spacial score (nSPS) is 13.2.